The number of halogens is 2. The minimum Gasteiger partial charge on any atom is -0.461 e. The van der Waals surface area contributed by atoms with Gasteiger partial charge in [0.1, 0.15) is 5.71 Å². The maximum absolute atomic E-state index is 11.9. The monoisotopic (exact) mass is 364 g/mol. The number of hydrogen-bond acceptors (Lipinski definition) is 4. The van der Waals surface area contributed by atoms with E-state index in [9.17, 15) is 4.79 Å². The van der Waals surface area contributed by atoms with Crippen molar-refractivity contribution in [2.45, 2.75) is 19.9 Å². The molecule has 0 aliphatic carbocycles. The summed E-state index contributed by atoms with van der Waals surface area (Å²) in [5.74, 6) is -0.629. The molecular formula is C18H18Cl2N2O2. The van der Waals surface area contributed by atoms with E-state index >= 15 is 0 Å². The number of carbonyl (C=O) groups excluding carboxylic acids is 1. The summed E-state index contributed by atoms with van der Waals surface area (Å²) in [7, 11) is 0. The van der Waals surface area contributed by atoms with E-state index < -0.39 is 5.97 Å². The van der Waals surface area contributed by atoms with E-state index in [1.165, 1.54) is 0 Å². The highest BCUT2D eigenvalue weighted by molar-refractivity contribution is 6.43. The Morgan fingerprint density at radius 1 is 1.21 bits per heavy atom. The molecule has 126 valence electrons. The number of nitrogens with one attached hydrogen (secondary N) is 2. The van der Waals surface area contributed by atoms with Gasteiger partial charge in [-0.25, -0.2) is 4.79 Å². The average molecular weight is 365 g/mol. The van der Waals surface area contributed by atoms with E-state index in [0.29, 0.717) is 40.9 Å². The topological polar surface area (TPSA) is 62.2 Å². The molecule has 0 aliphatic rings. The van der Waals surface area contributed by atoms with E-state index in [2.05, 4.69) is 5.32 Å². The molecule has 0 saturated carbocycles. The Morgan fingerprint density at radius 2 is 1.96 bits per heavy atom. The Labute approximate surface area is 151 Å². The number of benzene rings is 2. The van der Waals surface area contributed by atoms with Crippen LogP contribution in [-0.2, 0) is 16.1 Å². The number of ether oxygens (including phenoxy) is 1. The Hall–Kier alpha value is -2.04. The molecule has 2 rings (SSSR count). The predicted molar refractivity (Wildman–Crippen MR) is 98.3 cm³/mol. The highest BCUT2D eigenvalue weighted by Gasteiger charge is 2.16. The second kappa shape index (κ2) is 8.71. The van der Waals surface area contributed by atoms with Gasteiger partial charge in [0, 0.05) is 27.8 Å². The van der Waals surface area contributed by atoms with Crippen LogP contribution in [0.1, 0.15) is 24.5 Å². The SMILES string of the molecule is CCCOC(=O)C(=N)c1ccccc1NCc1ccc(Cl)cc1Cl. The summed E-state index contributed by atoms with van der Waals surface area (Å²) < 4.78 is 5.03. The number of esters is 1. The first-order valence-electron chi connectivity index (χ1n) is 7.55. The third kappa shape index (κ3) is 4.73. The Morgan fingerprint density at radius 3 is 2.67 bits per heavy atom. The fourth-order valence-corrected chi connectivity index (χ4v) is 2.56. The standard InChI is InChI=1S/C18H18Cl2N2O2/c1-2-9-24-18(23)17(21)14-5-3-4-6-16(14)22-11-12-7-8-13(19)10-15(12)20/h3-8,10,21-22H,2,9,11H2,1H3. The van der Waals surface area contributed by atoms with Crippen molar-refractivity contribution in [1.29, 1.82) is 5.41 Å². The number of para-hydroxylation sites is 1. The minimum atomic E-state index is -0.629. The van der Waals surface area contributed by atoms with E-state index in [0.717, 1.165) is 5.56 Å². The molecule has 0 radical (unpaired) electrons. The summed E-state index contributed by atoms with van der Waals surface area (Å²) in [6.07, 6.45) is 0.716. The van der Waals surface area contributed by atoms with Crippen molar-refractivity contribution in [2.75, 3.05) is 11.9 Å². The van der Waals surface area contributed by atoms with E-state index in [1.807, 2.05) is 19.1 Å². The highest BCUT2D eigenvalue weighted by atomic mass is 35.5. The van der Waals surface area contributed by atoms with Crippen molar-refractivity contribution in [1.82, 2.24) is 0 Å². The Balaban J connectivity index is 2.14. The third-order valence-electron chi connectivity index (χ3n) is 3.32. The molecule has 2 aromatic rings. The van der Waals surface area contributed by atoms with Crippen LogP contribution in [0.4, 0.5) is 5.69 Å². The quantitative estimate of drug-likeness (QED) is 0.540. The van der Waals surface area contributed by atoms with Crippen LogP contribution in [0.3, 0.4) is 0 Å². The first-order valence-corrected chi connectivity index (χ1v) is 8.31. The average Bonchev–Trinajstić information content (AvgIpc) is 2.58. The van der Waals surface area contributed by atoms with Gasteiger partial charge in [-0.3, -0.25) is 5.41 Å². The lowest BCUT2D eigenvalue weighted by atomic mass is 10.1. The fraction of sp³-hybridized carbons (Fsp3) is 0.222. The number of hydrogen-bond donors (Lipinski definition) is 2. The molecule has 6 heteroatoms. The third-order valence-corrected chi connectivity index (χ3v) is 3.91. The number of anilines is 1. The number of carbonyl (C=O) groups is 1. The summed E-state index contributed by atoms with van der Waals surface area (Å²) in [6.45, 7) is 2.66. The largest absolute Gasteiger partial charge is 0.461 e. The van der Waals surface area contributed by atoms with Crippen LogP contribution in [0.25, 0.3) is 0 Å². The van der Waals surface area contributed by atoms with Gasteiger partial charge in [-0.15, -0.1) is 0 Å². The van der Waals surface area contributed by atoms with Crippen LogP contribution >= 0.6 is 23.2 Å². The first kappa shape index (κ1) is 18.3. The van der Waals surface area contributed by atoms with Crippen LogP contribution in [0.5, 0.6) is 0 Å². The van der Waals surface area contributed by atoms with Crippen LogP contribution in [-0.4, -0.2) is 18.3 Å². The first-order chi connectivity index (χ1) is 11.5. The van der Waals surface area contributed by atoms with E-state index in [4.69, 9.17) is 33.3 Å². The smallest absolute Gasteiger partial charge is 0.356 e. The predicted octanol–water partition coefficient (Wildman–Crippen LogP) is 4.93. The molecule has 0 fully saturated rings. The summed E-state index contributed by atoms with van der Waals surface area (Å²) >= 11 is 12.1. The highest BCUT2D eigenvalue weighted by Crippen LogP contribution is 2.23. The van der Waals surface area contributed by atoms with Crippen molar-refractivity contribution < 1.29 is 9.53 Å². The van der Waals surface area contributed by atoms with Crippen molar-refractivity contribution in [3.63, 3.8) is 0 Å². The molecule has 4 nitrogen and oxygen atoms in total. The molecule has 2 aromatic carbocycles. The van der Waals surface area contributed by atoms with Crippen molar-refractivity contribution in [2.24, 2.45) is 0 Å². The molecule has 0 aromatic heterocycles. The molecule has 0 aliphatic heterocycles. The summed E-state index contributed by atoms with van der Waals surface area (Å²) in [4.78, 5) is 11.9. The van der Waals surface area contributed by atoms with Gasteiger partial charge in [0.25, 0.3) is 0 Å². The van der Waals surface area contributed by atoms with Crippen LogP contribution < -0.4 is 5.32 Å². The van der Waals surface area contributed by atoms with Crippen LogP contribution in [0, 0.1) is 5.41 Å². The number of rotatable bonds is 7. The summed E-state index contributed by atoms with van der Waals surface area (Å²) in [6, 6.07) is 12.4. The zero-order valence-corrected chi connectivity index (χ0v) is 14.7. The molecule has 0 saturated heterocycles. The normalized spacial score (nSPS) is 10.3. The van der Waals surface area contributed by atoms with Gasteiger partial charge in [-0.2, -0.15) is 0 Å². The second-order valence-electron chi connectivity index (χ2n) is 5.15. The molecule has 0 bridgehead atoms. The van der Waals surface area contributed by atoms with Crippen molar-refractivity contribution in [3.8, 4) is 0 Å². The second-order valence-corrected chi connectivity index (χ2v) is 5.99. The van der Waals surface area contributed by atoms with E-state index in [-0.39, 0.29) is 5.71 Å². The molecular weight excluding hydrogens is 347 g/mol. The van der Waals surface area contributed by atoms with Crippen molar-refractivity contribution in [3.05, 3.63) is 63.6 Å². The summed E-state index contributed by atoms with van der Waals surface area (Å²) in [5, 5.41) is 12.4. The zero-order chi connectivity index (χ0) is 17.5. The Bertz CT molecular complexity index is 748. The molecule has 0 spiro atoms. The van der Waals surface area contributed by atoms with Gasteiger partial charge in [0.2, 0.25) is 0 Å². The lowest BCUT2D eigenvalue weighted by Crippen LogP contribution is -2.19. The molecule has 0 atom stereocenters. The van der Waals surface area contributed by atoms with Gasteiger partial charge in [0.15, 0.2) is 0 Å². The maximum atomic E-state index is 11.9. The van der Waals surface area contributed by atoms with E-state index in [1.54, 1.807) is 30.3 Å². The van der Waals surface area contributed by atoms with Crippen LogP contribution in [0.15, 0.2) is 42.5 Å². The molecule has 0 unspecified atom stereocenters. The van der Waals surface area contributed by atoms with Gasteiger partial charge in [-0.1, -0.05) is 54.4 Å². The van der Waals surface area contributed by atoms with Crippen molar-refractivity contribution >= 4 is 40.6 Å². The zero-order valence-electron chi connectivity index (χ0n) is 13.2. The van der Waals surface area contributed by atoms with Gasteiger partial charge in [0.05, 0.1) is 6.61 Å². The van der Waals surface area contributed by atoms with Gasteiger partial charge < -0.3 is 10.1 Å². The van der Waals surface area contributed by atoms with Gasteiger partial charge >= 0.3 is 5.97 Å². The lowest BCUT2D eigenvalue weighted by Gasteiger charge is -2.13. The maximum Gasteiger partial charge on any atom is 0.356 e. The molecule has 0 amide bonds. The van der Waals surface area contributed by atoms with Gasteiger partial charge in [-0.05, 0) is 30.2 Å². The minimum absolute atomic E-state index is 0.172. The summed E-state index contributed by atoms with van der Waals surface area (Å²) in [5.41, 5.74) is 1.86. The molecule has 24 heavy (non-hydrogen) atoms. The lowest BCUT2D eigenvalue weighted by molar-refractivity contribution is -0.135. The molecule has 0 heterocycles. The fourth-order valence-electron chi connectivity index (χ4n) is 2.09. The molecule has 2 N–H and O–H groups in total. The Kier molecular flexibility index (Phi) is 6.64. The van der Waals surface area contributed by atoms with Crippen LogP contribution in [0.2, 0.25) is 10.0 Å².